The van der Waals surface area contributed by atoms with E-state index in [4.69, 9.17) is 0 Å². The Morgan fingerprint density at radius 2 is 1.68 bits per heavy atom. The first-order valence-electron chi connectivity index (χ1n) is 6.57. The van der Waals surface area contributed by atoms with Gasteiger partial charge in [0.1, 0.15) is 0 Å². The molecule has 108 valence electrons. The molecule has 0 saturated carbocycles. The molecule has 1 rings (SSSR count). The molecule has 0 aliphatic rings. The van der Waals surface area contributed by atoms with Crippen LogP contribution in [0.4, 0.5) is 0 Å². The highest BCUT2D eigenvalue weighted by molar-refractivity contribution is 7.92. The first-order valence-corrected chi connectivity index (χ1v) is 8.22. The molecule has 0 radical (unpaired) electrons. The molecular weight excluding hydrogens is 260 g/mol. The molecule has 1 aromatic carbocycles. The van der Waals surface area contributed by atoms with Crippen molar-refractivity contribution in [2.24, 2.45) is 0 Å². The first kappa shape index (κ1) is 16.2. The molecule has 0 bridgehead atoms. The fraction of sp³-hybridized carbons (Fsp3) is 0.600. The lowest BCUT2D eigenvalue weighted by atomic mass is 9.97. The SMILES string of the molecule is Cc1ccc(C(CO)CCS(=O)(=O)C(C)(C)C)cc1. The molecule has 1 atom stereocenters. The highest BCUT2D eigenvalue weighted by Crippen LogP contribution is 2.24. The quantitative estimate of drug-likeness (QED) is 0.904. The Morgan fingerprint density at radius 1 is 1.16 bits per heavy atom. The van der Waals surface area contributed by atoms with Crippen LogP contribution in [0.5, 0.6) is 0 Å². The molecule has 3 nitrogen and oxygen atoms in total. The summed E-state index contributed by atoms with van der Waals surface area (Å²) in [5.74, 6) is -0.00647. The molecular formula is C15H24O3S. The summed E-state index contributed by atoms with van der Waals surface area (Å²) in [6, 6.07) is 7.88. The highest BCUT2D eigenvalue weighted by atomic mass is 32.2. The molecule has 1 N–H and O–H groups in total. The second kappa shape index (κ2) is 6.06. The molecule has 0 spiro atoms. The van der Waals surface area contributed by atoms with Crippen molar-refractivity contribution in [1.29, 1.82) is 0 Å². The van der Waals surface area contributed by atoms with Crippen LogP contribution in [0.25, 0.3) is 0 Å². The van der Waals surface area contributed by atoms with Crippen molar-refractivity contribution < 1.29 is 13.5 Å². The maximum atomic E-state index is 12.1. The molecule has 0 aliphatic carbocycles. The highest BCUT2D eigenvalue weighted by Gasteiger charge is 2.29. The number of benzene rings is 1. The summed E-state index contributed by atoms with van der Waals surface area (Å²) in [5, 5.41) is 9.45. The van der Waals surface area contributed by atoms with Gasteiger partial charge in [-0.1, -0.05) is 29.8 Å². The summed E-state index contributed by atoms with van der Waals surface area (Å²) in [5.41, 5.74) is 2.15. The topological polar surface area (TPSA) is 54.4 Å². The van der Waals surface area contributed by atoms with Crippen molar-refractivity contribution in [2.45, 2.75) is 44.8 Å². The monoisotopic (exact) mass is 284 g/mol. The van der Waals surface area contributed by atoms with E-state index in [1.807, 2.05) is 31.2 Å². The van der Waals surface area contributed by atoms with Gasteiger partial charge in [-0.3, -0.25) is 0 Å². The average molecular weight is 284 g/mol. The van der Waals surface area contributed by atoms with Gasteiger partial charge >= 0.3 is 0 Å². The summed E-state index contributed by atoms with van der Waals surface area (Å²) in [6.45, 7) is 7.11. The summed E-state index contributed by atoms with van der Waals surface area (Å²) < 4.78 is 23.4. The van der Waals surface area contributed by atoms with Gasteiger partial charge in [0.25, 0.3) is 0 Å². The Balaban J connectivity index is 2.77. The van der Waals surface area contributed by atoms with Gasteiger partial charge in [-0.2, -0.15) is 0 Å². The van der Waals surface area contributed by atoms with Gasteiger partial charge in [-0.15, -0.1) is 0 Å². The predicted octanol–water partition coefficient (Wildman–Crippen LogP) is 2.67. The predicted molar refractivity (Wildman–Crippen MR) is 79.2 cm³/mol. The molecule has 0 amide bonds. The minimum atomic E-state index is -3.13. The Hall–Kier alpha value is -0.870. The van der Waals surface area contributed by atoms with Crippen molar-refractivity contribution in [1.82, 2.24) is 0 Å². The lowest BCUT2D eigenvalue weighted by Gasteiger charge is -2.21. The van der Waals surface area contributed by atoms with E-state index >= 15 is 0 Å². The third-order valence-electron chi connectivity index (χ3n) is 3.44. The second-order valence-corrected chi connectivity index (χ2v) is 8.87. The molecule has 1 aromatic rings. The number of aryl methyl sites for hydroxylation is 1. The van der Waals surface area contributed by atoms with E-state index in [2.05, 4.69) is 0 Å². The number of sulfone groups is 1. The number of rotatable bonds is 5. The molecule has 0 fully saturated rings. The normalized spacial score (nSPS) is 14.4. The molecule has 0 aliphatic heterocycles. The molecule has 0 saturated heterocycles. The van der Waals surface area contributed by atoms with Crippen LogP contribution < -0.4 is 0 Å². The summed E-state index contributed by atoms with van der Waals surface area (Å²) in [7, 11) is -3.13. The van der Waals surface area contributed by atoms with Crippen LogP contribution in [0.3, 0.4) is 0 Å². The minimum absolute atomic E-state index is 0.0251. The van der Waals surface area contributed by atoms with Crippen LogP contribution in [0.1, 0.15) is 44.2 Å². The van der Waals surface area contributed by atoms with Gasteiger partial charge in [-0.25, -0.2) is 8.42 Å². The third kappa shape index (κ3) is 4.32. The van der Waals surface area contributed by atoms with E-state index in [-0.39, 0.29) is 18.3 Å². The summed E-state index contributed by atoms with van der Waals surface area (Å²) in [4.78, 5) is 0. The molecule has 0 aromatic heterocycles. The maximum absolute atomic E-state index is 12.1. The van der Waals surface area contributed by atoms with Gasteiger partial charge in [0.2, 0.25) is 0 Å². The van der Waals surface area contributed by atoms with Crippen LogP contribution in [0, 0.1) is 6.92 Å². The fourth-order valence-electron chi connectivity index (χ4n) is 1.81. The Labute approximate surface area is 116 Å². The zero-order chi connectivity index (χ0) is 14.7. The Bertz CT molecular complexity index is 495. The van der Waals surface area contributed by atoms with E-state index in [9.17, 15) is 13.5 Å². The second-order valence-electron chi connectivity index (χ2n) is 6.01. The van der Waals surface area contributed by atoms with Crippen LogP contribution in [0.2, 0.25) is 0 Å². The lowest BCUT2D eigenvalue weighted by Crippen LogP contribution is -2.31. The minimum Gasteiger partial charge on any atom is -0.396 e. The number of aliphatic hydroxyl groups is 1. The van der Waals surface area contributed by atoms with Crippen LogP contribution in [-0.4, -0.2) is 30.6 Å². The van der Waals surface area contributed by atoms with E-state index in [1.54, 1.807) is 20.8 Å². The molecule has 1 unspecified atom stereocenters. The standard InChI is InChI=1S/C15H24O3S/c1-12-5-7-13(8-6-12)14(11-16)9-10-19(17,18)15(2,3)4/h5-8,14,16H,9-11H2,1-4H3. The fourth-order valence-corrected chi connectivity index (χ4v) is 3.01. The lowest BCUT2D eigenvalue weighted by molar-refractivity contribution is 0.262. The van der Waals surface area contributed by atoms with Crippen molar-refractivity contribution in [3.05, 3.63) is 35.4 Å². The molecule has 19 heavy (non-hydrogen) atoms. The van der Waals surface area contributed by atoms with Crippen LogP contribution >= 0.6 is 0 Å². The van der Waals surface area contributed by atoms with Gasteiger partial charge in [0.05, 0.1) is 10.5 Å². The van der Waals surface area contributed by atoms with Gasteiger partial charge < -0.3 is 5.11 Å². The van der Waals surface area contributed by atoms with Gasteiger partial charge in [0.15, 0.2) is 9.84 Å². The van der Waals surface area contributed by atoms with Gasteiger partial charge in [0, 0.05) is 12.5 Å². The van der Waals surface area contributed by atoms with E-state index < -0.39 is 14.6 Å². The first-order chi connectivity index (χ1) is 8.67. The van der Waals surface area contributed by atoms with Crippen LogP contribution in [-0.2, 0) is 9.84 Å². The van der Waals surface area contributed by atoms with Gasteiger partial charge in [-0.05, 0) is 39.7 Å². The summed E-state index contributed by atoms with van der Waals surface area (Å²) >= 11 is 0. The zero-order valence-corrected chi connectivity index (χ0v) is 13.0. The van der Waals surface area contributed by atoms with E-state index in [1.165, 1.54) is 0 Å². The largest absolute Gasteiger partial charge is 0.396 e. The van der Waals surface area contributed by atoms with Crippen molar-refractivity contribution in [3.63, 3.8) is 0 Å². The van der Waals surface area contributed by atoms with E-state index in [0.717, 1.165) is 11.1 Å². The number of hydrogen-bond donors (Lipinski definition) is 1. The number of aliphatic hydroxyl groups excluding tert-OH is 1. The number of hydrogen-bond acceptors (Lipinski definition) is 3. The smallest absolute Gasteiger partial charge is 0.155 e. The van der Waals surface area contributed by atoms with E-state index in [0.29, 0.717) is 6.42 Å². The average Bonchev–Trinajstić information content (AvgIpc) is 2.30. The molecule has 0 heterocycles. The Kier molecular flexibility index (Phi) is 5.16. The maximum Gasteiger partial charge on any atom is 0.155 e. The van der Waals surface area contributed by atoms with Crippen molar-refractivity contribution in [3.8, 4) is 0 Å². The zero-order valence-electron chi connectivity index (χ0n) is 12.2. The summed E-state index contributed by atoms with van der Waals surface area (Å²) in [6.07, 6.45) is 0.458. The third-order valence-corrected chi connectivity index (χ3v) is 6.08. The van der Waals surface area contributed by atoms with Crippen LogP contribution in [0.15, 0.2) is 24.3 Å². The Morgan fingerprint density at radius 3 is 2.11 bits per heavy atom. The van der Waals surface area contributed by atoms with Crippen molar-refractivity contribution in [2.75, 3.05) is 12.4 Å². The van der Waals surface area contributed by atoms with Crippen molar-refractivity contribution >= 4 is 9.84 Å². The molecule has 4 heteroatoms.